The third kappa shape index (κ3) is 3.24. The van der Waals surface area contributed by atoms with Crippen LogP contribution >= 0.6 is 0 Å². The number of fused-ring (bicyclic) bond motifs is 3. The molecule has 0 fully saturated rings. The molecule has 0 saturated heterocycles. The second kappa shape index (κ2) is 7.59. The highest BCUT2D eigenvalue weighted by Crippen LogP contribution is 2.28. The number of aromatic amines is 2. The van der Waals surface area contributed by atoms with Crippen LogP contribution in [0.4, 0.5) is 0 Å². The van der Waals surface area contributed by atoms with Gasteiger partial charge in [-0.1, -0.05) is 36.4 Å². The van der Waals surface area contributed by atoms with Crippen molar-refractivity contribution in [3.63, 3.8) is 0 Å². The van der Waals surface area contributed by atoms with Crippen molar-refractivity contribution < 1.29 is 0 Å². The van der Waals surface area contributed by atoms with E-state index in [1.54, 1.807) is 0 Å². The van der Waals surface area contributed by atoms with E-state index >= 15 is 0 Å². The van der Waals surface area contributed by atoms with Gasteiger partial charge in [0.05, 0.1) is 17.0 Å². The van der Waals surface area contributed by atoms with Gasteiger partial charge in [-0.3, -0.25) is 0 Å². The summed E-state index contributed by atoms with van der Waals surface area (Å²) in [5.74, 6) is 0.518. The summed E-state index contributed by atoms with van der Waals surface area (Å²) in [5, 5.41) is 17.1. The molecule has 0 amide bonds. The molecule has 6 nitrogen and oxygen atoms in total. The average Bonchev–Trinajstić information content (AvgIpc) is 3.54. The van der Waals surface area contributed by atoms with Crippen LogP contribution in [-0.4, -0.2) is 30.4 Å². The minimum absolute atomic E-state index is 0.518. The van der Waals surface area contributed by atoms with E-state index in [1.807, 2.05) is 54.9 Å². The van der Waals surface area contributed by atoms with Gasteiger partial charge in [0.15, 0.2) is 0 Å². The molecule has 0 aromatic rings. The topological polar surface area (TPSA) is 83.1 Å². The third-order valence-electron chi connectivity index (χ3n) is 5.56. The molecule has 4 heterocycles. The molecule has 6 rings (SSSR count). The fraction of sp³-hybridized carbons (Fsp3) is 0. The lowest BCUT2D eigenvalue weighted by Gasteiger charge is -2.03. The highest BCUT2D eigenvalue weighted by atomic mass is 15.2. The van der Waals surface area contributed by atoms with Gasteiger partial charge >= 0.3 is 0 Å². The van der Waals surface area contributed by atoms with E-state index in [-0.39, 0.29) is 0 Å². The molecule has 0 atom stereocenters. The van der Waals surface area contributed by atoms with Crippen molar-refractivity contribution in [1.82, 2.24) is 30.4 Å². The lowest BCUT2D eigenvalue weighted by Crippen LogP contribution is -1.86. The van der Waals surface area contributed by atoms with E-state index in [4.69, 9.17) is 0 Å². The molecule has 2 aliphatic carbocycles. The van der Waals surface area contributed by atoms with Gasteiger partial charge in [-0.25, -0.2) is 0 Å². The predicted molar refractivity (Wildman–Crippen MR) is 127 cm³/mol. The number of hydrogen-bond acceptors (Lipinski definition) is 4. The number of aromatic nitrogens is 6. The van der Waals surface area contributed by atoms with Gasteiger partial charge in [-0.2, -0.15) is 0 Å². The zero-order valence-electron chi connectivity index (χ0n) is 17.0. The summed E-state index contributed by atoms with van der Waals surface area (Å²) in [6.45, 7) is 0. The van der Waals surface area contributed by atoms with Gasteiger partial charge < -0.3 is 9.97 Å². The summed E-state index contributed by atoms with van der Waals surface area (Å²) >= 11 is 0. The van der Waals surface area contributed by atoms with Crippen LogP contribution < -0.4 is 0 Å². The Hall–Kier alpha value is -4.58. The Labute approximate surface area is 184 Å². The highest BCUT2D eigenvalue weighted by Gasteiger charge is 2.13. The van der Waals surface area contributed by atoms with Gasteiger partial charge in [0.2, 0.25) is 5.82 Å². The SMILES string of the molecule is C(=C\c1[nH]ccc2cccc1-2)/c1ccc2c(/C=C/c3[nH]ccc4cccc3-4)nnc-2nn1. The van der Waals surface area contributed by atoms with Crippen molar-refractivity contribution in [1.29, 1.82) is 0 Å². The summed E-state index contributed by atoms with van der Waals surface area (Å²) < 4.78 is 0. The van der Waals surface area contributed by atoms with Crippen molar-refractivity contribution >= 4 is 24.3 Å². The van der Waals surface area contributed by atoms with Crippen LogP contribution in [0.5, 0.6) is 0 Å². The van der Waals surface area contributed by atoms with Gasteiger partial charge in [0.1, 0.15) is 0 Å². The van der Waals surface area contributed by atoms with Crippen molar-refractivity contribution in [2.24, 2.45) is 0 Å². The summed E-state index contributed by atoms with van der Waals surface area (Å²) in [6, 6.07) is 20.5. The van der Waals surface area contributed by atoms with Gasteiger partial charge in [-0.15, -0.1) is 20.4 Å². The van der Waals surface area contributed by atoms with Crippen molar-refractivity contribution in [3.8, 4) is 33.6 Å². The van der Waals surface area contributed by atoms with E-state index in [2.05, 4.69) is 72.8 Å². The highest BCUT2D eigenvalue weighted by molar-refractivity contribution is 5.83. The van der Waals surface area contributed by atoms with Crippen molar-refractivity contribution in [3.05, 3.63) is 95.8 Å². The standard InChI is InChI=1S/C26H18N6/c1-3-17-13-15-27-23(20(17)5-1)10-8-19-7-9-22-25(30-32-26(22)31-29-19)12-11-24-21-6-2-4-18(21)14-16-28-24/h1-16,27-28H/b10-8+,12-11+. The van der Waals surface area contributed by atoms with Crippen LogP contribution in [0.25, 0.3) is 57.9 Å². The second-order valence-electron chi connectivity index (χ2n) is 7.52. The number of nitrogens with one attached hydrogen (secondary N) is 2. The summed E-state index contributed by atoms with van der Waals surface area (Å²) in [6.07, 6.45) is 11.8. The van der Waals surface area contributed by atoms with Crippen LogP contribution in [0, 0.1) is 0 Å². The van der Waals surface area contributed by atoms with Gasteiger partial charge in [-0.05, 0) is 59.7 Å². The van der Waals surface area contributed by atoms with E-state index in [0.29, 0.717) is 5.82 Å². The molecule has 32 heavy (non-hydrogen) atoms. The normalized spacial score (nSPS) is 12.1. The smallest absolute Gasteiger partial charge is 0.205 e. The maximum atomic E-state index is 4.33. The summed E-state index contributed by atoms with van der Waals surface area (Å²) in [5.41, 5.74) is 9.15. The summed E-state index contributed by atoms with van der Waals surface area (Å²) in [7, 11) is 0. The second-order valence-corrected chi connectivity index (χ2v) is 7.52. The van der Waals surface area contributed by atoms with Crippen molar-refractivity contribution in [2.45, 2.75) is 0 Å². The fourth-order valence-electron chi connectivity index (χ4n) is 3.93. The van der Waals surface area contributed by atoms with E-state index in [9.17, 15) is 0 Å². The zero-order chi connectivity index (χ0) is 21.3. The van der Waals surface area contributed by atoms with E-state index in [0.717, 1.165) is 28.3 Å². The Kier molecular flexibility index (Phi) is 4.32. The Balaban J connectivity index is 1.30. The molecular weight excluding hydrogens is 396 g/mol. The molecule has 0 aromatic heterocycles. The van der Waals surface area contributed by atoms with Crippen LogP contribution in [0.2, 0.25) is 0 Å². The molecule has 0 saturated carbocycles. The monoisotopic (exact) mass is 414 g/mol. The Morgan fingerprint density at radius 1 is 0.531 bits per heavy atom. The number of H-pyrrole nitrogens is 2. The predicted octanol–water partition coefficient (Wildman–Crippen LogP) is 5.58. The maximum Gasteiger partial charge on any atom is 0.205 e. The molecule has 0 aromatic carbocycles. The van der Waals surface area contributed by atoms with E-state index in [1.165, 1.54) is 22.3 Å². The average molecular weight is 414 g/mol. The van der Waals surface area contributed by atoms with Gasteiger partial charge in [0, 0.05) is 34.9 Å². The molecule has 0 bridgehead atoms. The molecular formula is C26H18N6. The van der Waals surface area contributed by atoms with Crippen LogP contribution in [-0.2, 0) is 0 Å². The first kappa shape index (κ1) is 18.2. The summed E-state index contributed by atoms with van der Waals surface area (Å²) in [4.78, 5) is 6.58. The molecule has 6 heteroatoms. The first-order valence-electron chi connectivity index (χ1n) is 10.3. The number of nitrogens with zero attached hydrogens (tertiary/aromatic N) is 4. The lowest BCUT2D eigenvalue weighted by molar-refractivity contribution is 0.981. The van der Waals surface area contributed by atoms with Crippen LogP contribution in [0.1, 0.15) is 22.8 Å². The van der Waals surface area contributed by atoms with E-state index < -0.39 is 0 Å². The van der Waals surface area contributed by atoms with Gasteiger partial charge in [0.25, 0.3) is 0 Å². The molecule has 2 N–H and O–H groups in total. The molecule has 0 radical (unpaired) electrons. The molecule has 152 valence electrons. The first-order chi connectivity index (χ1) is 15.8. The molecule has 0 unspecified atom stereocenters. The van der Waals surface area contributed by atoms with Crippen LogP contribution in [0.15, 0.2) is 73.1 Å². The minimum Gasteiger partial charge on any atom is -0.361 e. The van der Waals surface area contributed by atoms with Crippen LogP contribution in [0.3, 0.4) is 0 Å². The number of rotatable bonds is 4. The fourth-order valence-corrected chi connectivity index (χ4v) is 3.93. The molecule has 4 aliphatic heterocycles. The zero-order valence-corrected chi connectivity index (χ0v) is 17.0. The maximum absolute atomic E-state index is 4.33. The largest absolute Gasteiger partial charge is 0.361 e. The number of pyridine rings is 2. The molecule has 0 spiro atoms. The Bertz CT molecular complexity index is 1490. The Morgan fingerprint density at radius 3 is 1.91 bits per heavy atom. The number of hydrogen-bond donors (Lipinski definition) is 2. The lowest BCUT2D eigenvalue weighted by atomic mass is 10.1. The quantitative estimate of drug-likeness (QED) is 0.395. The Morgan fingerprint density at radius 2 is 1.19 bits per heavy atom. The third-order valence-corrected chi connectivity index (χ3v) is 5.56. The minimum atomic E-state index is 0.518. The van der Waals surface area contributed by atoms with Crippen molar-refractivity contribution in [2.75, 3.05) is 0 Å². The molecule has 6 aliphatic rings. The first-order valence-corrected chi connectivity index (χ1v) is 10.3.